The zero-order chi connectivity index (χ0) is 14.4. The predicted octanol–water partition coefficient (Wildman–Crippen LogP) is 1.12. The molecule has 6 nitrogen and oxygen atoms in total. The van der Waals surface area contributed by atoms with Crippen LogP contribution in [0.4, 0.5) is 15.8 Å². The Morgan fingerprint density at radius 3 is 2.60 bits per heavy atom. The molecule has 0 fully saturated rings. The van der Waals surface area contributed by atoms with Gasteiger partial charge in [0.25, 0.3) is 0 Å². The van der Waals surface area contributed by atoms with Crippen LogP contribution in [0.3, 0.4) is 0 Å². The van der Waals surface area contributed by atoms with E-state index in [1.165, 1.54) is 26.2 Å². The number of nitrogens with one attached hydrogen (secondary N) is 2. The summed E-state index contributed by atoms with van der Waals surface area (Å²) in [5.74, 6) is -1.48. The van der Waals surface area contributed by atoms with Crippen LogP contribution >= 0.6 is 12.4 Å². The molecule has 0 aliphatic carbocycles. The summed E-state index contributed by atoms with van der Waals surface area (Å²) in [6.45, 7) is 1.36. The van der Waals surface area contributed by atoms with Crippen LogP contribution in [0.25, 0.3) is 0 Å². The number of benzene rings is 1. The van der Waals surface area contributed by atoms with E-state index in [4.69, 9.17) is 10.5 Å². The van der Waals surface area contributed by atoms with Crippen molar-refractivity contribution in [2.24, 2.45) is 5.73 Å². The molecule has 0 spiro atoms. The van der Waals surface area contributed by atoms with E-state index in [1.807, 2.05) is 0 Å². The van der Waals surface area contributed by atoms with Gasteiger partial charge in [0.05, 0.1) is 12.3 Å². The summed E-state index contributed by atoms with van der Waals surface area (Å²) in [7, 11) is 1.41. The predicted molar refractivity (Wildman–Crippen MR) is 76.4 cm³/mol. The van der Waals surface area contributed by atoms with Gasteiger partial charge in [-0.3, -0.25) is 9.59 Å². The third kappa shape index (κ3) is 5.52. The molecule has 0 aliphatic heterocycles. The van der Waals surface area contributed by atoms with Gasteiger partial charge in [0.1, 0.15) is 11.9 Å². The third-order valence-electron chi connectivity index (χ3n) is 2.23. The molecule has 0 radical (unpaired) electrons. The molecular weight excluding hydrogens is 289 g/mol. The molecule has 1 atom stereocenters. The van der Waals surface area contributed by atoms with Gasteiger partial charge < -0.3 is 21.1 Å². The Hall–Kier alpha value is -1.70. The number of hydrogen-bond donors (Lipinski definition) is 3. The molecule has 20 heavy (non-hydrogen) atoms. The van der Waals surface area contributed by atoms with Crippen molar-refractivity contribution in [1.82, 2.24) is 0 Å². The molecule has 0 aliphatic rings. The number of ether oxygens (including phenoxy) is 1. The zero-order valence-electron chi connectivity index (χ0n) is 11.1. The van der Waals surface area contributed by atoms with Crippen molar-refractivity contribution in [3.8, 4) is 0 Å². The first kappa shape index (κ1) is 18.3. The van der Waals surface area contributed by atoms with E-state index in [9.17, 15) is 14.0 Å². The molecule has 1 aromatic rings. The minimum atomic E-state index is -0.895. The largest absolute Gasteiger partial charge is 0.383 e. The van der Waals surface area contributed by atoms with Crippen molar-refractivity contribution in [2.45, 2.75) is 13.0 Å². The summed E-state index contributed by atoms with van der Waals surface area (Å²) in [6, 6.07) is 2.95. The second kappa shape index (κ2) is 8.47. The summed E-state index contributed by atoms with van der Waals surface area (Å²) in [5, 5.41) is 4.83. The maximum Gasteiger partial charge on any atom is 0.243 e. The lowest BCUT2D eigenvalue weighted by Crippen LogP contribution is -2.39. The summed E-state index contributed by atoms with van der Waals surface area (Å²) in [4.78, 5) is 22.5. The van der Waals surface area contributed by atoms with Crippen LogP contribution in [-0.4, -0.2) is 31.6 Å². The number of carbonyl (C=O) groups is 2. The molecule has 0 aromatic heterocycles. The fourth-order valence-corrected chi connectivity index (χ4v) is 1.38. The Morgan fingerprint density at radius 1 is 1.40 bits per heavy atom. The van der Waals surface area contributed by atoms with E-state index >= 15 is 0 Å². The van der Waals surface area contributed by atoms with E-state index in [1.54, 1.807) is 0 Å². The zero-order valence-corrected chi connectivity index (χ0v) is 11.9. The molecule has 8 heteroatoms. The summed E-state index contributed by atoms with van der Waals surface area (Å²) in [5.41, 5.74) is 5.84. The van der Waals surface area contributed by atoms with Gasteiger partial charge in [0.15, 0.2) is 0 Å². The average molecular weight is 306 g/mol. The van der Waals surface area contributed by atoms with Crippen LogP contribution < -0.4 is 16.4 Å². The molecule has 0 heterocycles. The third-order valence-corrected chi connectivity index (χ3v) is 2.23. The number of amides is 2. The normalized spacial score (nSPS) is 11.2. The minimum Gasteiger partial charge on any atom is -0.383 e. The van der Waals surface area contributed by atoms with Crippen molar-refractivity contribution in [2.75, 3.05) is 24.4 Å². The number of nitrogens with two attached hydrogens (primary N) is 1. The molecule has 0 saturated heterocycles. The Bertz CT molecular complexity index is 485. The van der Waals surface area contributed by atoms with Crippen molar-refractivity contribution in [1.29, 1.82) is 0 Å². The molecule has 1 aromatic carbocycles. The first-order valence-electron chi connectivity index (χ1n) is 5.56. The number of rotatable bonds is 5. The van der Waals surface area contributed by atoms with Crippen LogP contribution in [0.1, 0.15) is 6.92 Å². The summed E-state index contributed by atoms with van der Waals surface area (Å²) >= 11 is 0. The molecule has 0 bridgehead atoms. The highest BCUT2D eigenvalue weighted by atomic mass is 35.5. The molecule has 1 rings (SSSR count). The van der Waals surface area contributed by atoms with E-state index in [-0.39, 0.29) is 30.6 Å². The van der Waals surface area contributed by atoms with Gasteiger partial charge in [-0.15, -0.1) is 12.4 Å². The molecule has 1 unspecified atom stereocenters. The highest BCUT2D eigenvalue weighted by molar-refractivity contribution is 5.96. The fraction of sp³-hybridized carbons (Fsp3) is 0.333. The maximum atomic E-state index is 13.5. The lowest BCUT2D eigenvalue weighted by atomic mass is 10.2. The van der Waals surface area contributed by atoms with E-state index in [0.29, 0.717) is 5.69 Å². The van der Waals surface area contributed by atoms with Gasteiger partial charge in [0.2, 0.25) is 11.8 Å². The molecule has 4 N–H and O–H groups in total. The van der Waals surface area contributed by atoms with Crippen molar-refractivity contribution in [3.63, 3.8) is 0 Å². The Labute approximate surface area is 122 Å². The van der Waals surface area contributed by atoms with Crippen molar-refractivity contribution in [3.05, 3.63) is 24.0 Å². The van der Waals surface area contributed by atoms with Gasteiger partial charge in [-0.1, -0.05) is 0 Å². The van der Waals surface area contributed by atoms with Crippen LogP contribution in [0.2, 0.25) is 0 Å². The number of anilines is 2. The highest BCUT2D eigenvalue weighted by Gasteiger charge is 2.15. The first-order chi connectivity index (χ1) is 8.93. The molecule has 2 amide bonds. The molecular formula is C12H17ClFN3O3. The Balaban J connectivity index is 0.00000361. The topological polar surface area (TPSA) is 93.4 Å². The lowest BCUT2D eigenvalue weighted by Gasteiger charge is -2.13. The van der Waals surface area contributed by atoms with Crippen LogP contribution in [-0.2, 0) is 14.3 Å². The minimum absolute atomic E-state index is 0. The maximum absolute atomic E-state index is 13.5. The van der Waals surface area contributed by atoms with E-state index < -0.39 is 17.8 Å². The molecule has 0 saturated carbocycles. The highest BCUT2D eigenvalue weighted by Crippen LogP contribution is 2.19. The van der Waals surface area contributed by atoms with Crippen molar-refractivity contribution >= 4 is 35.6 Å². The van der Waals surface area contributed by atoms with Crippen molar-refractivity contribution < 1.29 is 18.7 Å². The van der Waals surface area contributed by atoms with Gasteiger partial charge in [-0.25, -0.2) is 4.39 Å². The summed E-state index contributed by atoms with van der Waals surface area (Å²) < 4.78 is 18.2. The fourth-order valence-electron chi connectivity index (χ4n) is 1.38. The van der Waals surface area contributed by atoms with Gasteiger partial charge in [-0.2, -0.15) is 0 Å². The quantitative estimate of drug-likeness (QED) is 0.760. The Morgan fingerprint density at radius 2 is 2.05 bits per heavy atom. The molecule has 112 valence electrons. The number of halogens is 2. The number of hydrogen-bond acceptors (Lipinski definition) is 4. The van der Waals surface area contributed by atoms with Gasteiger partial charge >= 0.3 is 0 Å². The van der Waals surface area contributed by atoms with E-state index in [0.717, 1.165) is 6.07 Å². The second-order valence-corrected chi connectivity index (χ2v) is 3.93. The number of methoxy groups -OCH3 is 1. The Kier molecular flexibility index (Phi) is 7.75. The van der Waals surface area contributed by atoms with E-state index in [2.05, 4.69) is 10.6 Å². The average Bonchev–Trinajstić information content (AvgIpc) is 2.33. The second-order valence-electron chi connectivity index (χ2n) is 3.93. The van der Waals surface area contributed by atoms with Crippen LogP contribution in [0.5, 0.6) is 0 Å². The smallest absolute Gasteiger partial charge is 0.243 e. The standard InChI is InChI=1S/C12H16FN3O3.ClH/c1-7(17)15-8-3-4-9(13)11(5-8)16-12(18)10(14)6-19-2;/h3-5,10H,6,14H2,1-2H3,(H,15,17)(H,16,18);1H. The number of carbonyl (C=O) groups excluding carboxylic acids is 2. The van der Waals surface area contributed by atoms with Gasteiger partial charge in [0, 0.05) is 19.7 Å². The van der Waals surface area contributed by atoms with Crippen LogP contribution in [0, 0.1) is 5.82 Å². The monoisotopic (exact) mass is 305 g/mol. The lowest BCUT2D eigenvalue weighted by molar-refractivity contribution is -0.118. The van der Waals surface area contributed by atoms with Gasteiger partial charge in [-0.05, 0) is 18.2 Å². The van der Waals surface area contributed by atoms with Crippen LogP contribution in [0.15, 0.2) is 18.2 Å². The SMILES string of the molecule is COCC(N)C(=O)Nc1cc(NC(C)=O)ccc1F.Cl. The first-order valence-corrected chi connectivity index (χ1v) is 5.56. The summed E-state index contributed by atoms with van der Waals surface area (Å²) in [6.07, 6.45) is 0.